The van der Waals surface area contributed by atoms with Crippen molar-refractivity contribution in [1.82, 2.24) is 5.32 Å². The normalized spacial score (nSPS) is 18.6. The van der Waals surface area contributed by atoms with Gasteiger partial charge in [0, 0.05) is 11.8 Å². The number of halogens is 1. The lowest BCUT2D eigenvalue weighted by atomic mass is 10.1. The standard InChI is InChI=1S/C12H14BrNO/c13-8-7-12(15)14-11-6-5-9-3-1-2-4-10(9)11/h1-4,11H,5-8H2,(H,14,15). The second-order valence-corrected chi connectivity index (χ2v) is 4.59. The monoisotopic (exact) mass is 267 g/mol. The summed E-state index contributed by atoms with van der Waals surface area (Å²) in [6.07, 6.45) is 2.67. The van der Waals surface area contributed by atoms with Gasteiger partial charge in [-0.15, -0.1) is 0 Å². The molecule has 0 saturated carbocycles. The summed E-state index contributed by atoms with van der Waals surface area (Å²) in [6, 6.07) is 8.58. The SMILES string of the molecule is O=C(CCBr)NC1CCc2ccccc21. The Morgan fingerprint density at radius 2 is 2.27 bits per heavy atom. The first kappa shape index (κ1) is 10.7. The summed E-state index contributed by atoms with van der Waals surface area (Å²) in [5.74, 6) is 0.133. The molecule has 1 amide bonds. The van der Waals surface area contributed by atoms with Gasteiger partial charge in [-0.05, 0) is 24.0 Å². The molecule has 1 N–H and O–H groups in total. The van der Waals surface area contributed by atoms with Gasteiger partial charge in [0.2, 0.25) is 5.91 Å². The lowest BCUT2D eigenvalue weighted by Gasteiger charge is -2.13. The number of hydrogen-bond donors (Lipinski definition) is 1. The van der Waals surface area contributed by atoms with Crippen molar-refractivity contribution in [2.45, 2.75) is 25.3 Å². The minimum absolute atomic E-state index is 0.133. The molecule has 15 heavy (non-hydrogen) atoms. The van der Waals surface area contributed by atoms with Crippen LogP contribution >= 0.6 is 15.9 Å². The number of carbonyl (C=O) groups excluding carboxylic acids is 1. The molecule has 80 valence electrons. The molecule has 0 radical (unpaired) electrons. The molecular weight excluding hydrogens is 254 g/mol. The molecule has 2 rings (SSSR count). The van der Waals surface area contributed by atoms with E-state index >= 15 is 0 Å². The molecule has 0 heterocycles. The van der Waals surface area contributed by atoms with Crippen molar-refractivity contribution in [1.29, 1.82) is 0 Å². The van der Waals surface area contributed by atoms with Crippen LogP contribution in [0, 0.1) is 0 Å². The van der Waals surface area contributed by atoms with E-state index in [4.69, 9.17) is 0 Å². The summed E-state index contributed by atoms with van der Waals surface area (Å²) in [6.45, 7) is 0. The quantitative estimate of drug-likeness (QED) is 0.839. The summed E-state index contributed by atoms with van der Waals surface area (Å²) in [5.41, 5.74) is 2.67. The minimum atomic E-state index is 0.133. The zero-order valence-corrected chi connectivity index (χ0v) is 10.1. The molecule has 1 aliphatic rings. The van der Waals surface area contributed by atoms with Crippen molar-refractivity contribution in [3.63, 3.8) is 0 Å². The van der Waals surface area contributed by atoms with Crippen LogP contribution in [0.4, 0.5) is 0 Å². The van der Waals surface area contributed by atoms with E-state index in [1.165, 1.54) is 11.1 Å². The number of alkyl halides is 1. The molecule has 1 unspecified atom stereocenters. The Hall–Kier alpha value is -0.830. The van der Waals surface area contributed by atoms with Crippen LogP contribution in [-0.2, 0) is 11.2 Å². The van der Waals surface area contributed by atoms with E-state index < -0.39 is 0 Å². The Labute approximate surface area is 98.2 Å². The van der Waals surface area contributed by atoms with E-state index in [-0.39, 0.29) is 11.9 Å². The fourth-order valence-corrected chi connectivity index (χ4v) is 2.42. The Morgan fingerprint density at radius 1 is 1.47 bits per heavy atom. The van der Waals surface area contributed by atoms with Crippen molar-refractivity contribution >= 4 is 21.8 Å². The summed E-state index contributed by atoms with van der Waals surface area (Å²) in [7, 11) is 0. The Kier molecular flexibility index (Phi) is 3.41. The number of hydrogen-bond acceptors (Lipinski definition) is 1. The van der Waals surface area contributed by atoms with Gasteiger partial charge in [0.05, 0.1) is 6.04 Å². The average molecular weight is 268 g/mol. The highest BCUT2D eigenvalue weighted by Gasteiger charge is 2.22. The van der Waals surface area contributed by atoms with Gasteiger partial charge in [0.1, 0.15) is 0 Å². The Morgan fingerprint density at radius 3 is 3.07 bits per heavy atom. The molecule has 0 saturated heterocycles. The molecule has 0 spiro atoms. The van der Waals surface area contributed by atoms with Gasteiger partial charge in [-0.25, -0.2) is 0 Å². The van der Waals surface area contributed by atoms with Gasteiger partial charge in [0.25, 0.3) is 0 Å². The number of aryl methyl sites for hydroxylation is 1. The number of nitrogens with one attached hydrogen (secondary N) is 1. The lowest BCUT2D eigenvalue weighted by Crippen LogP contribution is -2.27. The summed E-state index contributed by atoms with van der Waals surface area (Å²) in [5, 5.41) is 3.80. The van der Waals surface area contributed by atoms with Crippen molar-refractivity contribution in [2.75, 3.05) is 5.33 Å². The maximum atomic E-state index is 11.5. The maximum Gasteiger partial charge on any atom is 0.221 e. The molecule has 1 aromatic carbocycles. The average Bonchev–Trinajstić information content (AvgIpc) is 2.62. The molecule has 0 bridgehead atoms. The smallest absolute Gasteiger partial charge is 0.221 e. The Bertz CT molecular complexity index is 364. The first-order valence-electron chi connectivity index (χ1n) is 5.24. The number of carbonyl (C=O) groups is 1. The van der Waals surface area contributed by atoms with Crippen LogP contribution in [0.3, 0.4) is 0 Å². The number of amides is 1. The fourth-order valence-electron chi connectivity index (χ4n) is 2.06. The molecule has 0 aromatic heterocycles. The largest absolute Gasteiger partial charge is 0.349 e. The molecular formula is C12H14BrNO. The molecule has 0 fully saturated rings. The molecule has 1 aromatic rings. The van der Waals surface area contributed by atoms with Crippen molar-refractivity contribution in [2.24, 2.45) is 0 Å². The van der Waals surface area contributed by atoms with E-state index in [1.807, 2.05) is 6.07 Å². The Balaban J connectivity index is 2.04. The summed E-state index contributed by atoms with van der Waals surface area (Å²) < 4.78 is 0. The van der Waals surface area contributed by atoms with E-state index in [0.717, 1.165) is 18.2 Å². The summed E-state index contributed by atoms with van der Waals surface area (Å²) >= 11 is 3.27. The third kappa shape index (κ3) is 2.40. The highest BCUT2D eigenvalue weighted by Crippen LogP contribution is 2.30. The molecule has 2 nitrogen and oxygen atoms in total. The highest BCUT2D eigenvalue weighted by molar-refractivity contribution is 9.09. The van der Waals surface area contributed by atoms with E-state index in [2.05, 4.69) is 39.4 Å². The number of benzene rings is 1. The maximum absolute atomic E-state index is 11.5. The number of rotatable bonds is 3. The van der Waals surface area contributed by atoms with Crippen molar-refractivity contribution in [3.05, 3.63) is 35.4 Å². The zero-order chi connectivity index (χ0) is 10.7. The fraction of sp³-hybridized carbons (Fsp3) is 0.417. The highest BCUT2D eigenvalue weighted by atomic mass is 79.9. The van der Waals surface area contributed by atoms with E-state index in [1.54, 1.807) is 0 Å². The van der Waals surface area contributed by atoms with Crippen LogP contribution in [0.5, 0.6) is 0 Å². The van der Waals surface area contributed by atoms with Crippen LogP contribution in [0.25, 0.3) is 0 Å². The zero-order valence-electron chi connectivity index (χ0n) is 8.50. The van der Waals surface area contributed by atoms with Gasteiger partial charge < -0.3 is 5.32 Å². The van der Waals surface area contributed by atoms with Gasteiger partial charge in [-0.2, -0.15) is 0 Å². The van der Waals surface area contributed by atoms with Gasteiger partial charge >= 0.3 is 0 Å². The van der Waals surface area contributed by atoms with Crippen LogP contribution in [0.15, 0.2) is 24.3 Å². The third-order valence-corrected chi connectivity index (χ3v) is 3.19. The molecule has 1 aliphatic carbocycles. The molecule has 3 heteroatoms. The second kappa shape index (κ2) is 4.79. The minimum Gasteiger partial charge on any atom is -0.349 e. The topological polar surface area (TPSA) is 29.1 Å². The van der Waals surface area contributed by atoms with Crippen LogP contribution < -0.4 is 5.32 Å². The van der Waals surface area contributed by atoms with Crippen molar-refractivity contribution < 1.29 is 4.79 Å². The van der Waals surface area contributed by atoms with Gasteiger partial charge in [-0.1, -0.05) is 40.2 Å². The van der Waals surface area contributed by atoms with E-state index in [0.29, 0.717) is 6.42 Å². The first-order chi connectivity index (χ1) is 7.31. The molecule has 1 atom stereocenters. The third-order valence-electron chi connectivity index (χ3n) is 2.79. The number of fused-ring (bicyclic) bond motifs is 1. The van der Waals surface area contributed by atoms with Gasteiger partial charge in [0.15, 0.2) is 0 Å². The second-order valence-electron chi connectivity index (χ2n) is 3.80. The van der Waals surface area contributed by atoms with Crippen molar-refractivity contribution in [3.8, 4) is 0 Å². The van der Waals surface area contributed by atoms with Crippen LogP contribution in [-0.4, -0.2) is 11.2 Å². The first-order valence-corrected chi connectivity index (χ1v) is 6.36. The predicted octanol–water partition coefficient (Wildman–Crippen LogP) is 2.58. The van der Waals surface area contributed by atoms with Gasteiger partial charge in [-0.3, -0.25) is 4.79 Å². The van der Waals surface area contributed by atoms with Crippen LogP contribution in [0.1, 0.15) is 30.0 Å². The molecule has 0 aliphatic heterocycles. The lowest BCUT2D eigenvalue weighted by molar-refractivity contribution is -0.121. The van der Waals surface area contributed by atoms with E-state index in [9.17, 15) is 4.79 Å². The van der Waals surface area contributed by atoms with Crippen LogP contribution in [0.2, 0.25) is 0 Å². The predicted molar refractivity (Wildman–Crippen MR) is 64.1 cm³/mol. The summed E-state index contributed by atoms with van der Waals surface area (Å²) in [4.78, 5) is 11.5.